The number of nitrogens with one attached hydrogen (secondary N) is 1. The van der Waals surface area contributed by atoms with Gasteiger partial charge < -0.3 is 15.0 Å². The molecule has 2 aromatic carbocycles. The molecule has 0 spiro atoms. The maximum absolute atomic E-state index is 13.7. The number of benzene rings is 2. The van der Waals surface area contributed by atoms with Crippen molar-refractivity contribution < 1.29 is 14.3 Å². The number of amides is 1. The second-order valence-corrected chi connectivity index (χ2v) is 7.08. The number of halogens is 2. The van der Waals surface area contributed by atoms with E-state index in [1.807, 2.05) is 6.07 Å². The standard InChI is InChI=1S/C22H17ClFN3O2/c23-19-6-3-14(8-20(19)24)12-27-13-17-5-4-16(9-18(17)22(27)29)21(28)26-11-15-2-1-7-25-10-15/h1-10,13,29H,11-12H2,(H,26,28). The molecule has 1 amide bonds. The highest BCUT2D eigenvalue weighted by molar-refractivity contribution is 6.30. The van der Waals surface area contributed by atoms with Crippen molar-refractivity contribution >= 4 is 28.3 Å². The summed E-state index contributed by atoms with van der Waals surface area (Å²) in [6, 6.07) is 13.3. The Kier molecular flexibility index (Phi) is 5.18. The molecule has 0 radical (unpaired) electrons. The van der Waals surface area contributed by atoms with Crippen molar-refractivity contribution in [1.82, 2.24) is 14.9 Å². The minimum Gasteiger partial charge on any atom is -0.494 e. The van der Waals surface area contributed by atoms with Gasteiger partial charge in [-0.25, -0.2) is 4.39 Å². The Hall–Kier alpha value is -3.38. The minimum absolute atomic E-state index is 0.0114. The molecule has 0 aliphatic heterocycles. The molecule has 0 bridgehead atoms. The van der Waals surface area contributed by atoms with Gasteiger partial charge >= 0.3 is 0 Å². The number of carbonyl (C=O) groups excluding carboxylic acids is 1. The molecule has 0 saturated heterocycles. The monoisotopic (exact) mass is 409 g/mol. The second-order valence-electron chi connectivity index (χ2n) is 6.68. The summed E-state index contributed by atoms with van der Waals surface area (Å²) in [5.41, 5.74) is 2.00. The summed E-state index contributed by atoms with van der Waals surface area (Å²) in [6.07, 6.45) is 5.12. The van der Waals surface area contributed by atoms with Crippen molar-refractivity contribution in [2.24, 2.45) is 0 Å². The van der Waals surface area contributed by atoms with Gasteiger partial charge in [-0.2, -0.15) is 0 Å². The summed E-state index contributed by atoms with van der Waals surface area (Å²) in [5.74, 6) is -0.743. The van der Waals surface area contributed by atoms with Crippen LogP contribution in [-0.4, -0.2) is 20.6 Å². The zero-order valence-corrected chi connectivity index (χ0v) is 16.0. The molecule has 29 heavy (non-hydrogen) atoms. The lowest BCUT2D eigenvalue weighted by molar-refractivity contribution is 0.0951. The summed E-state index contributed by atoms with van der Waals surface area (Å²) in [5, 5.41) is 14.8. The first-order valence-electron chi connectivity index (χ1n) is 8.94. The van der Waals surface area contributed by atoms with Crippen LogP contribution in [0.4, 0.5) is 4.39 Å². The van der Waals surface area contributed by atoms with E-state index in [1.54, 1.807) is 53.5 Å². The van der Waals surface area contributed by atoms with Gasteiger partial charge in [0.25, 0.3) is 5.91 Å². The van der Waals surface area contributed by atoms with E-state index in [1.165, 1.54) is 12.1 Å². The van der Waals surface area contributed by atoms with Crippen LogP contribution in [-0.2, 0) is 13.1 Å². The Balaban J connectivity index is 1.55. The van der Waals surface area contributed by atoms with Crippen molar-refractivity contribution in [3.05, 3.63) is 94.7 Å². The van der Waals surface area contributed by atoms with Gasteiger partial charge in [-0.1, -0.05) is 29.8 Å². The fourth-order valence-corrected chi connectivity index (χ4v) is 3.25. The Morgan fingerprint density at radius 2 is 2.03 bits per heavy atom. The molecule has 4 rings (SSSR count). The fourth-order valence-electron chi connectivity index (χ4n) is 3.13. The van der Waals surface area contributed by atoms with Gasteiger partial charge in [-0.05, 0) is 41.5 Å². The van der Waals surface area contributed by atoms with Crippen LogP contribution in [0.1, 0.15) is 21.5 Å². The van der Waals surface area contributed by atoms with Crippen molar-refractivity contribution in [2.75, 3.05) is 0 Å². The summed E-state index contributed by atoms with van der Waals surface area (Å²) in [6.45, 7) is 0.636. The van der Waals surface area contributed by atoms with E-state index in [-0.39, 0.29) is 23.4 Å². The third-order valence-electron chi connectivity index (χ3n) is 4.64. The lowest BCUT2D eigenvalue weighted by Crippen LogP contribution is -2.22. The number of pyridine rings is 1. The van der Waals surface area contributed by atoms with Crippen LogP contribution in [0.5, 0.6) is 5.88 Å². The molecule has 2 aromatic heterocycles. The van der Waals surface area contributed by atoms with Crippen molar-refractivity contribution in [2.45, 2.75) is 13.1 Å². The number of aromatic nitrogens is 2. The molecule has 0 atom stereocenters. The Labute approximate surface area is 171 Å². The van der Waals surface area contributed by atoms with Gasteiger partial charge in [0.2, 0.25) is 0 Å². The highest BCUT2D eigenvalue weighted by atomic mass is 35.5. The molecule has 5 nitrogen and oxygen atoms in total. The van der Waals surface area contributed by atoms with Gasteiger partial charge in [-0.3, -0.25) is 9.78 Å². The van der Waals surface area contributed by atoms with Crippen LogP contribution in [0, 0.1) is 5.82 Å². The molecule has 146 valence electrons. The van der Waals surface area contributed by atoms with E-state index in [9.17, 15) is 14.3 Å². The number of fused-ring (bicyclic) bond motifs is 1. The Morgan fingerprint density at radius 3 is 2.79 bits per heavy atom. The third-order valence-corrected chi connectivity index (χ3v) is 4.94. The normalized spacial score (nSPS) is 11.0. The van der Waals surface area contributed by atoms with Gasteiger partial charge in [0.05, 0.1) is 11.6 Å². The molecule has 0 fully saturated rings. The highest BCUT2D eigenvalue weighted by Crippen LogP contribution is 2.29. The third kappa shape index (κ3) is 4.07. The van der Waals surface area contributed by atoms with Gasteiger partial charge in [0, 0.05) is 41.5 Å². The largest absolute Gasteiger partial charge is 0.494 e. The maximum atomic E-state index is 13.7. The molecule has 0 aliphatic rings. The van der Waals surface area contributed by atoms with Gasteiger partial charge in [0.1, 0.15) is 5.82 Å². The first-order chi connectivity index (χ1) is 14.0. The molecule has 2 heterocycles. The van der Waals surface area contributed by atoms with E-state index >= 15 is 0 Å². The molecule has 2 N–H and O–H groups in total. The Bertz CT molecular complexity index is 1190. The second kappa shape index (κ2) is 7.93. The number of hydrogen-bond acceptors (Lipinski definition) is 3. The van der Waals surface area contributed by atoms with Crippen LogP contribution in [0.3, 0.4) is 0 Å². The topological polar surface area (TPSA) is 67.2 Å². The zero-order valence-electron chi connectivity index (χ0n) is 15.3. The zero-order chi connectivity index (χ0) is 20.4. The van der Waals surface area contributed by atoms with Gasteiger partial charge in [0.15, 0.2) is 5.88 Å². The van der Waals surface area contributed by atoms with Gasteiger partial charge in [-0.15, -0.1) is 0 Å². The average Bonchev–Trinajstić information content (AvgIpc) is 3.04. The predicted octanol–water partition coefficient (Wildman–Crippen LogP) is 4.51. The maximum Gasteiger partial charge on any atom is 0.251 e. The van der Waals surface area contributed by atoms with Crippen molar-refractivity contribution in [1.29, 1.82) is 0 Å². The van der Waals surface area contributed by atoms with E-state index in [4.69, 9.17) is 11.6 Å². The molecular weight excluding hydrogens is 393 g/mol. The van der Waals surface area contributed by atoms with Crippen LogP contribution in [0.15, 0.2) is 67.1 Å². The summed E-state index contributed by atoms with van der Waals surface area (Å²) in [7, 11) is 0. The van der Waals surface area contributed by atoms with E-state index in [0.717, 1.165) is 10.9 Å². The summed E-state index contributed by atoms with van der Waals surface area (Å²) >= 11 is 5.72. The number of carbonyl (C=O) groups is 1. The minimum atomic E-state index is -0.507. The van der Waals surface area contributed by atoms with E-state index in [2.05, 4.69) is 10.3 Å². The number of aromatic hydroxyl groups is 1. The number of nitrogens with zero attached hydrogens (tertiary/aromatic N) is 2. The van der Waals surface area contributed by atoms with E-state index < -0.39 is 5.82 Å². The smallest absolute Gasteiger partial charge is 0.251 e. The summed E-state index contributed by atoms with van der Waals surface area (Å²) in [4.78, 5) is 16.5. The van der Waals surface area contributed by atoms with Crippen LogP contribution in [0.25, 0.3) is 10.8 Å². The SMILES string of the molecule is O=C(NCc1cccnc1)c1ccc2cn(Cc3ccc(Cl)c(F)c3)c(O)c2c1. The number of rotatable bonds is 5. The van der Waals surface area contributed by atoms with E-state index in [0.29, 0.717) is 23.1 Å². The quantitative estimate of drug-likeness (QED) is 0.509. The predicted molar refractivity (Wildman–Crippen MR) is 110 cm³/mol. The van der Waals surface area contributed by atoms with Crippen molar-refractivity contribution in [3.63, 3.8) is 0 Å². The molecule has 0 unspecified atom stereocenters. The first-order valence-corrected chi connectivity index (χ1v) is 9.32. The van der Waals surface area contributed by atoms with Crippen LogP contribution in [0.2, 0.25) is 5.02 Å². The molecule has 7 heteroatoms. The lowest BCUT2D eigenvalue weighted by atomic mass is 10.1. The fraction of sp³-hybridized carbons (Fsp3) is 0.0909. The van der Waals surface area contributed by atoms with Crippen LogP contribution < -0.4 is 5.32 Å². The average molecular weight is 410 g/mol. The highest BCUT2D eigenvalue weighted by Gasteiger charge is 2.13. The molecular formula is C22H17ClFN3O2. The molecule has 0 saturated carbocycles. The Morgan fingerprint density at radius 1 is 1.17 bits per heavy atom. The number of hydrogen-bond donors (Lipinski definition) is 2. The summed E-state index contributed by atoms with van der Waals surface area (Å²) < 4.78 is 15.3. The lowest BCUT2D eigenvalue weighted by Gasteiger charge is -2.06. The molecule has 0 aliphatic carbocycles. The van der Waals surface area contributed by atoms with Crippen LogP contribution >= 0.6 is 11.6 Å². The van der Waals surface area contributed by atoms with Crippen molar-refractivity contribution in [3.8, 4) is 5.88 Å². The first kappa shape index (κ1) is 19.0. The molecule has 4 aromatic rings.